The highest BCUT2D eigenvalue weighted by atomic mass is 16.3. The summed E-state index contributed by atoms with van der Waals surface area (Å²) in [7, 11) is 0. The van der Waals surface area contributed by atoms with Gasteiger partial charge in [-0.1, -0.05) is 36.4 Å². The molecule has 2 unspecified atom stereocenters. The van der Waals surface area contributed by atoms with Gasteiger partial charge in [-0.15, -0.1) is 0 Å². The van der Waals surface area contributed by atoms with Crippen LogP contribution >= 0.6 is 0 Å². The second kappa shape index (κ2) is 3.03. The molecule has 1 aliphatic rings. The average Bonchev–Trinajstić information content (AvgIpc) is 2.25. The van der Waals surface area contributed by atoms with E-state index in [4.69, 9.17) is 0 Å². The van der Waals surface area contributed by atoms with Crippen molar-refractivity contribution in [2.75, 3.05) is 0 Å². The van der Waals surface area contributed by atoms with E-state index in [1.165, 1.54) is 0 Å². The summed E-state index contributed by atoms with van der Waals surface area (Å²) in [5, 5.41) is 24.3. The molecule has 3 N–H and O–H groups in total. The minimum Gasteiger partial charge on any atom is -0.374 e. The summed E-state index contributed by atoms with van der Waals surface area (Å²) in [5.41, 5.74) is 1.65. The van der Waals surface area contributed by atoms with Crippen molar-refractivity contribution in [1.29, 1.82) is 0 Å². The second-order valence-electron chi connectivity index (χ2n) is 3.76. The molecular weight excluding hydrogens is 190 g/mol. The van der Waals surface area contributed by atoms with Crippen LogP contribution in [0.3, 0.4) is 0 Å². The summed E-state index contributed by atoms with van der Waals surface area (Å²) in [6.45, 7) is 0. The Hall–Kier alpha value is -1.42. The Morgan fingerprint density at radius 1 is 0.867 bits per heavy atom. The van der Waals surface area contributed by atoms with Gasteiger partial charge in [-0.2, -0.15) is 0 Å². The lowest BCUT2D eigenvalue weighted by atomic mass is 9.94. The molecule has 2 aromatic rings. The van der Waals surface area contributed by atoms with Crippen molar-refractivity contribution in [1.82, 2.24) is 5.32 Å². The highest BCUT2D eigenvalue weighted by Gasteiger charge is 2.24. The lowest BCUT2D eigenvalue weighted by Crippen LogP contribution is -2.30. The fourth-order valence-corrected chi connectivity index (χ4v) is 2.18. The molecule has 0 saturated carbocycles. The van der Waals surface area contributed by atoms with E-state index in [0.717, 1.165) is 21.9 Å². The first-order valence-electron chi connectivity index (χ1n) is 4.91. The van der Waals surface area contributed by atoms with Gasteiger partial charge < -0.3 is 10.2 Å². The second-order valence-corrected chi connectivity index (χ2v) is 3.76. The Morgan fingerprint density at radius 2 is 1.40 bits per heavy atom. The molecule has 3 rings (SSSR count). The Morgan fingerprint density at radius 3 is 1.93 bits per heavy atom. The molecule has 0 spiro atoms. The van der Waals surface area contributed by atoms with Gasteiger partial charge >= 0.3 is 0 Å². The Kier molecular flexibility index (Phi) is 1.79. The maximum Gasteiger partial charge on any atom is 0.133 e. The third kappa shape index (κ3) is 1.18. The lowest BCUT2D eigenvalue weighted by Gasteiger charge is -2.27. The van der Waals surface area contributed by atoms with E-state index in [2.05, 4.69) is 5.32 Å². The van der Waals surface area contributed by atoms with Crippen molar-refractivity contribution in [2.24, 2.45) is 0 Å². The first-order chi connectivity index (χ1) is 7.27. The third-order valence-corrected chi connectivity index (χ3v) is 2.87. The van der Waals surface area contributed by atoms with Gasteiger partial charge in [0.15, 0.2) is 0 Å². The molecule has 2 aromatic carbocycles. The molecule has 0 fully saturated rings. The van der Waals surface area contributed by atoms with Gasteiger partial charge in [0.2, 0.25) is 0 Å². The Labute approximate surface area is 87.0 Å². The number of nitrogens with one attached hydrogen (secondary N) is 1. The van der Waals surface area contributed by atoms with E-state index >= 15 is 0 Å². The summed E-state index contributed by atoms with van der Waals surface area (Å²) in [6.07, 6.45) is -1.59. The van der Waals surface area contributed by atoms with Crippen LogP contribution in [-0.4, -0.2) is 10.2 Å². The zero-order chi connectivity index (χ0) is 10.4. The van der Waals surface area contributed by atoms with Crippen LogP contribution in [0.2, 0.25) is 0 Å². The fourth-order valence-electron chi connectivity index (χ4n) is 2.18. The molecule has 1 aliphatic heterocycles. The Bertz CT molecular complexity index is 481. The highest BCUT2D eigenvalue weighted by Crippen LogP contribution is 2.34. The molecule has 15 heavy (non-hydrogen) atoms. The minimum absolute atomic E-state index is 0.793. The van der Waals surface area contributed by atoms with Crippen LogP contribution in [0.5, 0.6) is 0 Å². The quantitative estimate of drug-likeness (QED) is 0.604. The molecule has 3 heteroatoms. The number of benzene rings is 2. The molecular formula is C12H11NO2. The number of rotatable bonds is 0. The standard InChI is InChI=1S/C12H11NO2/c14-11-8-5-1-3-7-4-2-6-9(10(7)8)12(15)13-11/h1-6,11-15H. The van der Waals surface area contributed by atoms with E-state index in [9.17, 15) is 10.2 Å². The minimum atomic E-state index is -0.793. The summed E-state index contributed by atoms with van der Waals surface area (Å²) < 4.78 is 0. The third-order valence-electron chi connectivity index (χ3n) is 2.87. The van der Waals surface area contributed by atoms with Crippen LogP contribution < -0.4 is 5.32 Å². The maximum atomic E-state index is 9.77. The number of aliphatic hydroxyl groups is 2. The summed E-state index contributed by atoms with van der Waals surface area (Å²) >= 11 is 0. The predicted molar refractivity (Wildman–Crippen MR) is 57.0 cm³/mol. The fraction of sp³-hybridized carbons (Fsp3) is 0.167. The summed E-state index contributed by atoms with van der Waals surface area (Å²) in [6, 6.07) is 11.5. The first-order valence-corrected chi connectivity index (χ1v) is 4.91. The van der Waals surface area contributed by atoms with Crippen LogP contribution in [0, 0.1) is 0 Å². The van der Waals surface area contributed by atoms with Gasteiger partial charge in [-0.25, -0.2) is 0 Å². The normalized spacial score (nSPS) is 24.4. The van der Waals surface area contributed by atoms with Gasteiger partial charge in [0.1, 0.15) is 12.5 Å². The van der Waals surface area contributed by atoms with Crippen LogP contribution in [0.4, 0.5) is 0 Å². The largest absolute Gasteiger partial charge is 0.374 e. The average molecular weight is 201 g/mol. The zero-order valence-electron chi connectivity index (χ0n) is 8.01. The molecule has 76 valence electrons. The Balaban J connectivity index is 2.45. The molecule has 0 radical (unpaired) electrons. The molecule has 0 saturated heterocycles. The van der Waals surface area contributed by atoms with Crippen LogP contribution in [0.25, 0.3) is 10.8 Å². The summed E-state index contributed by atoms with van der Waals surface area (Å²) in [4.78, 5) is 0. The van der Waals surface area contributed by atoms with Crippen molar-refractivity contribution in [2.45, 2.75) is 12.5 Å². The van der Waals surface area contributed by atoms with Gasteiger partial charge in [0.25, 0.3) is 0 Å². The van der Waals surface area contributed by atoms with Crippen molar-refractivity contribution in [3.05, 3.63) is 47.5 Å². The summed E-state index contributed by atoms with van der Waals surface area (Å²) in [5.74, 6) is 0. The molecule has 2 atom stereocenters. The lowest BCUT2D eigenvalue weighted by molar-refractivity contribution is 0.0372. The van der Waals surface area contributed by atoms with Crippen LogP contribution in [-0.2, 0) is 0 Å². The topological polar surface area (TPSA) is 52.5 Å². The molecule has 0 amide bonds. The van der Waals surface area contributed by atoms with Crippen LogP contribution in [0.15, 0.2) is 36.4 Å². The predicted octanol–water partition coefficient (Wildman–Crippen LogP) is 1.42. The first kappa shape index (κ1) is 8.85. The van der Waals surface area contributed by atoms with E-state index in [0.29, 0.717) is 0 Å². The zero-order valence-corrected chi connectivity index (χ0v) is 8.01. The van der Waals surface area contributed by atoms with Crippen molar-refractivity contribution in [3.63, 3.8) is 0 Å². The van der Waals surface area contributed by atoms with Crippen molar-refractivity contribution >= 4 is 10.8 Å². The van der Waals surface area contributed by atoms with E-state index in [1.54, 1.807) is 0 Å². The number of hydrogen-bond acceptors (Lipinski definition) is 3. The maximum absolute atomic E-state index is 9.77. The number of hydrogen-bond donors (Lipinski definition) is 3. The van der Waals surface area contributed by atoms with Gasteiger partial charge in [0.05, 0.1) is 0 Å². The van der Waals surface area contributed by atoms with Gasteiger partial charge in [-0.3, -0.25) is 5.32 Å². The van der Waals surface area contributed by atoms with Crippen LogP contribution in [0.1, 0.15) is 23.6 Å². The van der Waals surface area contributed by atoms with E-state index in [1.807, 2.05) is 36.4 Å². The monoisotopic (exact) mass is 201 g/mol. The van der Waals surface area contributed by atoms with E-state index in [-0.39, 0.29) is 0 Å². The molecule has 0 aliphatic carbocycles. The molecule has 3 nitrogen and oxygen atoms in total. The molecule has 0 aromatic heterocycles. The van der Waals surface area contributed by atoms with Crippen molar-refractivity contribution in [3.8, 4) is 0 Å². The van der Waals surface area contributed by atoms with Gasteiger partial charge in [-0.05, 0) is 10.8 Å². The van der Waals surface area contributed by atoms with E-state index < -0.39 is 12.5 Å². The molecule has 0 bridgehead atoms. The molecule has 1 heterocycles. The van der Waals surface area contributed by atoms with Gasteiger partial charge in [0, 0.05) is 11.1 Å². The smallest absolute Gasteiger partial charge is 0.133 e. The number of aliphatic hydroxyl groups excluding tert-OH is 2. The SMILES string of the molecule is OC1NC(O)c2cccc3cccc1c23. The van der Waals surface area contributed by atoms with Crippen molar-refractivity contribution < 1.29 is 10.2 Å². The highest BCUT2D eigenvalue weighted by molar-refractivity contribution is 5.90.